The maximum atomic E-state index is 13.2. The fraction of sp³-hybridized carbons (Fsp3) is 0.595. The van der Waals surface area contributed by atoms with Crippen LogP contribution in [0.2, 0.25) is 0 Å². The average Bonchev–Trinajstić information content (AvgIpc) is 3.66. The predicted molar refractivity (Wildman–Crippen MR) is 198 cm³/mol. The summed E-state index contributed by atoms with van der Waals surface area (Å²) < 4.78 is 15.5. The SMILES string of the molecule is CCCCCCCCCCn1c[n+](CCCCCCCCCC)cc1C[C@H](NC(=O)OCC1c2ccccc2-c2ccccc21)C(=O)OC. The van der Waals surface area contributed by atoms with E-state index in [-0.39, 0.29) is 12.5 Å². The standard InChI is InChI=1S/C42H61N3O4/c1-4-6-8-10-12-14-16-22-28-44-31-34(45(33-44)29-23-17-15-13-11-9-7-5-2)30-40(41(46)48-3)43-42(47)49-32-39-37-26-20-18-24-35(37)36-25-19-21-27-38(36)39/h18-21,24-27,31,33,39-40H,4-17,22-23,28-30,32H2,1-3H3/p+1/t40-/m0/s1. The third kappa shape index (κ3) is 12.0. The fourth-order valence-corrected chi connectivity index (χ4v) is 7.22. The van der Waals surface area contributed by atoms with Gasteiger partial charge in [-0.3, -0.25) is 0 Å². The summed E-state index contributed by atoms with van der Waals surface area (Å²) in [6.45, 7) is 6.56. The van der Waals surface area contributed by atoms with Crippen molar-refractivity contribution in [1.82, 2.24) is 9.88 Å². The van der Waals surface area contributed by atoms with E-state index in [1.165, 1.54) is 108 Å². The number of unbranched alkanes of at least 4 members (excludes halogenated alkanes) is 14. The van der Waals surface area contributed by atoms with Gasteiger partial charge in [-0.05, 0) is 47.9 Å². The number of benzene rings is 2. The number of methoxy groups -OCH3 is 1. The molecule has 1 aliphatic carbocycles. The summed E-state index contributed by atoms with van der Waals surface area (Å²) in [6.07, 6.45) is 24.5. The van der Waals surface area contributed by atoms with Crippen molar-refractivity contribution in [2.75, 3.05) is 13.7 Å². The predicted octanol–water partition coefficient (Wildman–Crippen LogP) is 9.68. The van der Waals surface area contributed by atoms with E-state index >= 15 is 0 Å². The van der Waals surface area contributed by atoms with Crippen molar-refractivity contribution in [3.8, 4) is 11.1 Å². The zero-order chi connectivity index (χ0) is 34.7. The number of nitrogens with zero attached hydrogens (tertiary/aromatic N) is 2. The van der Waals surface area contributed by atoms with Gasteiger partial charge in [0.1, 0.15) is 24.5 Å². The van der Waals surface area contributed by atoms with Crippen molar-refractivity contribution in [3.63, 3.8) is 0 Å². The quantitative estimate of drug-likeness (QED) is 0.0584. The second-order valence-electron chi connectivity index (χ2n) is 13.9. The van der Waals surface area contributed by atoms with Crippen LogP contribution in [0.3, 0.4) is 0 Å². The second-order valence-corrected chi connectivity index (χ2v) is 13.9. The Hall–Kier alpha value is -3.61. The number of rotatable bonds is 24. The van der Waals surface area contributed by atoms with E-state index in [2.05, 4.69) is 65.1 Å². The first-order chi connectivity index (χ1) is 24.0. The highest BCUT2D eigenvalue weighted by Crippen LogP contribution is 2.44. The summed E-state index contributed by atoms with van der Waals surface area (Å²) in [5.74, 6) is -0.517. The minimum absolute atomic E-state index is 0.0473. The van der Waals surface area contributed by atoms with Crippen LogP contribution in [-0.4, -0.2) is 36.4 Å². The van der Waals surface area contributed by atoms with Gasteiger partial charge in [-0.25, -0.2) is 18.7 Å². The van der Waals surface area contributed by atoms with Crippen LogP contribution in [-0.2, 0) is 33.8 Å². The smallest absolute Gasteiger partial charge is 0.407 e. The van der Waals surface area contributed by atoms with Gasteiger partial charge >= 0.3 is 12.1 Å². The highest BCUT2D eigenvalue weighted by molar-refractivity contribution is 5.82. The summed E-state index contributed by atoms with van der Waals surface area (Å²) in [5.41, 5.74) is 5.69. The summed E-state index contributed by atoms with van der Waals surface area (Å²) in [5, 5.41) is 2.85. The number of aryl methyl sites for hydroxylation is 2. The van der Waals surface area contributed by atoms with Gasteiger partial charge in [-0.2, -0.15) is 0 Å². The van der Waals surface area contributed by atoms with E-state index < -0.39 is 18.1 Å². The Kier molecular flexibility index (Phi) is 16.7. The minimum Gasteiger partial charge on any atom is -0.467 e. The lowest BCUT2D eigenvalue weighted by Crippen LogP contribution is -2.44. The van der Waals surface area contributed by atoms with Crippen molar-refractivity contribution in [3.05, 3.63) is 77.9 Å². The zero-order valence-electron chi connectivity index (χ0n) is 30.6. The Bertz CT molecular complexity index is 1370. The minimum atomic E-state index is -0.843. The van der Waals surface area contributed by atoms with Crippen LogP contribution in [0.4, 0.5) is 4.79 Å². The molecule has 0 unspecified atom stereocenters. The Morgan fingerprint density at radius 1 is 0.755 bits per heavy atom. The third-order valence-electron chi connectivity index (χ3n) is 10.0. The van der Waals surface area contributed by atoms with Gasteiger partial charge in [-0.1, -0.05) is 139 Å². The second kappa shape index (κ2) is 21.5. The van der Waals surface area contributed by atoms with Crippen LogP contribution in [0.25, 0.3) is 11.1 Å². The highest BCUT2D eigenvalue weighted by atomic mass is 16.6. The Morgan fingerprint density at radius 3 is 1.86 bits per heavy atom. The lowest BCUT2D eigenvalue weighted by molar-refractivity contribution is -0.697. The Balaban J connectivity index is 1.35. The Morgan fingerprint density at radius 2 is 1.29 bits per heavy atom. The summed E-state index contributed by atoms with van der Waals surface area (Å²) in [6, 6.07) is 15.7. The molecule has 1 aromatic heterocycles. The summed E-state index contributed by atoms with van der Waals surface area (Å²) in [4.78, 5) is 26.2. The number of alkyl carbamates (subject to hydrolysis) is 1. The molecule has 0 aliphatic heterocycles. The van der Waals surface area contributed by atoms with Crippen LogP contribution >= 0.6 is 0 Å². The van der Waals surface area contributed by atoms with Gasteiger partial charge in [0.25, 0.3) is 0 Å². The van der Waals surface area contributed by atoms with Gasteiger partial charge < -0.3 is 14.8 Å². The normalized spacial score (nSPS) is 12.8. The Labute approximate surface area is 295 Å². The molecular weight excluding hydrogens is 610 g/mol. The van der Waals surface area contributed by atoms with Gasteiger partial charge in [0.15, 0.2) is 0 Å². The molecule has 0 spiro atoms. The topological polar surface area (TPSA) is 73.4 Å². The van der Waals surface area contributed by atoms with Gasteiger partial charge in [0, 0.05) is 12.3 Å². The first-order valence-electron chi connectivity index (χ1n) is 19.3. The molecule has 4 rings (SSSR count). The van der Waals surface area contributed by atoms with E-state index in [1.807, 2.05) is 24.3 Å². The number of hydrogen-bond acceptors (Lipinski definition) is 4. The van der Waals surface area contributed by atoms with Gasteiger partial charge in [0.2, 0.25) is 6.33 Å². The number of imidazole rings is 1. The number of amides is 1. The first kappa shape index (κ1) is 38.2. The number of carbonyl (C=O) groups excluding carboxylic acids is 2. The van der Waals surface area contributed by atoms with Crippen molar-refractivity contribution >= 4 is 12.1 Å². The molecule has 49 heavy (non-hydrogen) atoms. The average molecular weight is 673 g/mol. The molecule has 1 amide bonds. The molecule has 1 aliphatic rings. The molecule has 0 radical (unpaired) electrons. The van der Waals surface area contributed by atoms with Crippen LogP contribution in [0.15, 0.2) is 61.1 Å². The molecule has 1 N–H and O–H groups in total. The number of aromatic nitrogens is 2. The van der Waals surface area contributed by atoms with E-state index in [0.29, 0.717) is 6.42 Å². The van der Waals surface area contributed by atoms with Gasteiger partial charge in [-0.15, -0.1) is 0 Å². The number of esters is 1. The molecule has 7 heteroatoms. The molecular formula is C42H62N3O4+. The third-order valence-corrected chi connectivity index (χ3v) is 10.0. The molecule has 268 valence electrons. The molecule has 0 saturated carbocycles. The van der Waals surface area contributed by atoms with E-state index in [0.717, 1.165) is 42.8 Å². The first-order valence-corrected chi connectivity index (χ1v) is 19.3. The molecule has 0 bridgehead atoms. The molecule has 1 atom stereocenters. The van der Waals surface area contributed by atoms with E-state index in [4.69, 9.17) is 9.47 Å². The molecule has 7 nitrogen and oxygen atoms in total. The molecule has 0 fully saturated rings. The van der Waals surface area contributed by atoms with Crippen molar-refractivity contribution in [2.45, 2.75) is 148 Å². The monoisotopic (exact) mass is 672 g/mol. The number of nitrogens with one attached hydrogen (secondary N) is 1. The number of ether oxygens (including phenoxy) is 2. The maximum Gasteiger partial charge on any atom is 0.407 e. The summed E-state index contributed by atoms with van der Waals surface area (Å²) >= 11 is 0. The molecule has 0 saturated heterocycles. The molecule has 3 aromatic rings. The van der Waals surface area contributed by atoms with Crippen LogP contribution in [0.5, 0.6) is 0 Å². The molecule has 2 aromatic carbocycles. The maximum absolute atomic E-state index is 13.2. The summed E-state index contributed by atoms with van der Waals surface area (Å²) in [7, 11) is 1.37. The van der Waals surface area contributed by atoms with Crippen molar-refractivity contribution < 1.29 is 23.6 Å². The lowest BCUT2D eigenvalue weighted by Gasteiger charge is -2.18. The van der Waals surface area contributed by atoms with Crippen molar-refractivity contribution in [1.29, 1.82) is 0 Å². The highest BCUT2D eigenvalue weighted by Gasteiger charge is 2.31. The number of fused-ring (bicyclic) bond motifs is 3. The number of carbonyl (C=O) groups is 2. The van der Waals surface area contributed by atoms with E-state index in [9.17, 15) is 9.59 Å². The van der Waals surface area contributed by atoms with Crippen molar-refractivity contribution in [2.24, 2.45) is 0 Å². The van der Waals surface area contributed by atoms with Gasteiger partial charge in [0.05, 0.1) is 20.2 Å². The van der Waals surface area contributed by atoms with Crippen LogP contribution < -0.4 is 9.88 Å². The molecule has 1 heterocycles. The van der Waals surface area contributed by atoms with E-state index in [1.54, 1.807) is 0 Å². The lowest BCUT2D eigenvalue weighted by atomic mass is 9.98. The number of hydrogen-bond donors (Lipinski definition) is 1. The largest absolute Gasteiger partial charge is 0.467 e. The zero-order valence-corrected chi connectivity index (χ0v) is 30.6. The van der Waals surface area contributed by atoms with Crippen LogP contribution in [0, 0.1) is 0 Å². The van der Waals surface area contributed by atoms with Crippen LogP contribution in [0.1, 0.15) is 139 Å². The fourth-order valence-electron chi connectivity index (χ4n) is 7.22.